The van der Waals surface area contributed by atoms with E-state index >= 15 is 0 Å². The van der Waals surface area contributed by atoms with Crippen molar-refractivity contribution < 1.29 is 8.42 Å². The Balaban J connectivity index is 3.00. The molecule has 0 saturated heterocycles. The van der Waals surface area contributed by atoms with Gasteiger partial charge in [-0.05, 0) is 40.2 Å². The van der Waals surface area contributed by atoms with Crippen LogP contribution in [0.3, 0.4) is 0 Å². The van der Waals surface area contributed by atoms with Crippen molar-refractivity contribution in [1.29, 1.82) is 0 Å². The van der Waals surface area contributed by atoms with E-state index in [1.807, 2.05) is 26.0 Å². The minimum atomic E-state index is -3.20. The van der Waals surface area contributed by atoms with Crippen LogP contribution in [-0.2, 0) is 9.84 Å². The molecule has 0 amide bonds. The minimum absolute atomic E-state index is 0.0145. The summed E-state index contributed by atoms with van der Waals surface area (Å²) in [5, 5.41) is 0. The average Bonchev–Trinajstić information content (AvgIpc) is 2.13. The van der Waals surface area contributed by atoms with Gasteiger partial charge >= 0.3 is 0 Å². The highest BCUT2D eigenvalue weighted by atomic mass is 32.2. The van der Waals surface area contributed by atoms with Gasteiger partial charge in [0.1, 0.15) is 0 Å². The Morgan fingerprint density at radius 1 is 1.11 bits per heavy atom. The molecule has 3 nitrogen and oxygen atoms in total. The summed E-state index contributed by atoms with van der Waals surface area (Å²) in [7, 11) is -3.20. The number of hydrogen-bond acceptors (Lipinski definition) is 3. The van der Waals surface area contributed by atoms with Crippen LogP contribution in [0.5, 0.6) is 0 Å². The van der Waals surface area contributed by atoms with Gasteiger partial charge in [0, 0.05) is 6.04 Å². The topological polar surface area (TPSA) is 60.2 Å². The summed E-state index contributed by atoms with van der Waals surface area (Å²) in [6.07, 6.45) is 0. The number of nitrogens with two attached hydrogens (primary N) is 1. The van der Waals surface area contributed by atoms with Gasteiger partial charge in [-0.3, -0.25) is 0 Å². The molecule has 2 N–H and O–H groups in total. The predicted molar refractivity (Wildman–Crippen MR) is 76.4 cm³/mol. The second-order valence-corrected chi connectivity index (χ2v) is 8.71. The molecular weight excluding hydrogens is 246 g/mol. The van der Waals surface area contributed by atoms with Crippen LogP contribution in [0, 0.1) is 13.8 Å². The zero-order chi connectivity index (χ0) is 14.1. The number of rotatable bonds is 3. The van der Waals surface area contributed by atoms with E-state index in [1.54, 1.807) is 20.8 Å². The molecule has 1 aromatic carbocycles. The summed E-state index contributed by atoms with van der Waals surface area (Å²) in [5.74, 6) is -0.0145. The van der Waals surface area contributed by atoms with Crippen LogP contribution in [0.2, 0.25) is 0 Å². The second kappa shape index (κ2) is 5.02. The van der Waals surface area contributed by atoms with Crippen LogP contribution >= 0.6 is 0 Å². The molecule has 0 aliphatic carbocycles. The zero-order valence-electron chi connectivity index (χ0n) is 11.8. The second-order valence-electron chi connectivity index (χ2n) is 5.92. The summed E-state index contributed by atoms with van der Waals surface area (Å²) in [6.45, 7) is 9.09. The standard InChI is InChI=1S/C14H23NO2S/c1-10-6-11(2)8-12(7-10)13(15)9-18(16,17)14(3,4)5/h6-8,13H,9,15H2,1-5H3. The van der Waals surface area contributed by atoms with E-state index in [0.717, 1.165) is 16.7 Å². The summed E-state index contributed by atoms with van der Waals surface area (Å²) >= 11 is 0. The van der Waals surface area contributed by atoms with Crippen LogP contribution in [0.4, 0.5) is 0 Å². The maximum atomic E-state index is 12.1. The Morgan fingerprint density at radius 2 is 1.56 bits per heavy atom. The molecule has 1 rings (SSSR count). The van der Waals surface area contributed by atoms with Gasteiger partial charge in [0.15, 0.2) is 9.84 Å². The van der Waals surface area contributed by atoms with Crippen molar-refractivity contribution >= 4 is 9.84 Å². The molecule has 0 radical (unpaired) electrons. The van der Waals surface area contributed by atoms with E-state index in [2.05, 4.69) is 6.07 Å². The molecule has 0 aromatic heterocycles. The maximum absolute atomic E-state index is 12.1. The van der Waals surface area contributed by atoms with Crippen molar-refractivity contribution in [2.75, 3.05) is 5.75 Å². The van der Waals surface area contributed by atoms with Crippen molar-refractivity contribution in [3.05, 3.63) is 34.9 Å². The Kier molecular flexibility index (Phi) is 4.23. The molecule has 102 valence electrons. The highest BCUT2D eigenvalue weighted by molar-refractivity contribution is 7.92. The quantitative estimate of drug-likeness (QED) is 0.917. The average molecular weight is 269 g/mol. The van der Waals surface area contributed by atoms with Gasteiger partial charge in [0.2, 0.25) is 0 Å². The molecule has 0 saturated carbocycles. The third-order valence-electron chi connectivity index (χ3n) is 3.00. The molecule has 18 heavy (non-hydrogen) atoms. The first-order chi connectivity index (χ1) is 8.03. The Morgan fingerprint density at radius 3 is 1.94 bits per heavy atom. The predicted octanol–water partition coefficient (Wildman–Crippen LogP) is 2.52. The van der Waals surface area contributed by atoms with E-state index in [1.165, 1.54) is 0 Å². The third-order valence-corrected chi connectivity index (χ3v) is 5.67. The van der Waals surface area contributed by atoms with Crippen molar-refractivity contribution in [3.63, 3.8) is 0 Å². The van der Waals surface area contributed by atoms with Gasteiger partial charge < -0.3 is 5.73 Å². The molecule has 0 heterocycles. The number of benzene rings is 1. The van der Waals surface area contributed by atoms with E-state index < -0.39 is 20.6 Å². The summed E-state index contributed by atoms with van der Waals surface area (Å²) in [5.41, 5.74) is 9.14. The van der Waals surface area contributed by atoms with Crippen molar-refractivity contribution in [2.45, 2.75) is 45.4 Å². The molecule has 1 aromatic rings. The van der Waals surface area contributed by atoms with Gasteiger partial charge in [0.05, 0.1) is 10.5 Å². The minimum Gasteiger partial charge on any atom is -0.323 e. The van der Waals surface area contributed by atoms with E-state index in [-0.39, 0.29) is 5.75 Å². The molecule has 0 fully saturated rings. The number of sulfone groups is 1. The lowest BCUT2D eigenvalue weighted by atomic mass is 10.0. The fourth-order valence-electron chi connectivity index (χ4n) is 1.81. The van der Waals surface area contributed by atoms with E-state index in [9.17, 15) is 8.42 Å². The van der Waals surface area contributed by atoms with E-state index in [0.29, 0.717) is 0 Å². The molecular formula is C14H23NO2S. The molecule has 1 atom stereocenters. The highest BCUT2D eigenvalue weighted by Crippen LogP contribution is 2.22. The zero-order valence-corrected chi connectivity index (χ0v) is 12.6. The first-order valence-corrected chi connectivity index (χ1v) is 7.74. The highest BCUT2D eigenvalue weighted by Gasteiger charge is 2.31. The van der Waals surface area contributed by atoms with Crippen molar-refractivity contribution in [3.8, 4) is 0 Å². The molecule has 0 aliphatic heterocycles. The summed E-state index contributed by atoms with van der Waals surface area (Å²) in [4.78, 5) is 0. The van der Waals surface area contributed by atoms with Crippen molar-refractivity contribution in [2.24, 2.45) is 5.73 Å². The monoisotopic (exact) mass is 269 g/mol. The molecule has 4 heteroatoms. The summed E-state index contributed by atoms with van der Waals surface area (Å²) < 4.78 is 23.5. The van der Waals surface area contributed by atoms with Gasteiger partial charge in [-0.25, -0.2) is 8.42 Å². The maximum Gasteiger partial charge on any atom is 0.157 e. The third kappa shape index (κ3) is 3.56. The summed E-state index contributed by atoms with van der Waals surface area (Å²) in [6, 6.07) is 5.49. The normalized spacial score (nSPS) is 14.6. The van der Waals surface area contributed by atoms with Crippen LogP contribution in [0.25, 0.3) is 0 Å². The van der Waals surface area contributed by atoms with E-state index in [4.69, 9.17) is 5.73 Å². The van der Waals surface area contributed by atoms with Crippen LogP contribution in [-0.4, -0.2) is 18.9 Å². The number of hydrogen-bond donors (Lipinski definition) is 1. The van der Waals surface area contributed by atoms with Crippen LogP contribution in [0.1, 0.15) is 43.5 Å². The molecule has 0 aliphatic rings. The van der Waals surface area contributed by atoms with Gasteiger partial charge in [0.25, 0.3) is 0 Å². The fraction of sp³-hybridized carbons (Fsp3) is 0.571. The Bertz CT molecular complexity index is 507. The molecule has 0 bridgehead atoms. The SMILES string of the molecule is Cc1cc(C)cc(C(N)CS(=O)(=O)C(C)(C)C)c1. The van der Waals surface area contributed by atoms with Gasteiger partial charge in [-0.1, -0.05) is 29.3 Å². The lowest BCUT2D eigenvalue weighted by Crippen LogP contribution is -2.34. The van der Waals surface area contributed by atoms with Gasteiger partial charge in [-0.15, -0.1) is 0 Å². The first-order valence-electron chi connectivity index (χ1n) is 6.09. The lowest BCUT2D eigenvalue weighted by molar-refractivity contribution is 0.553. The lowest BCUT2D eigenvalue weighted by Gasteiger charge is -2.22. The number of aryl methyl sites for hydroxylation is 2. The van der Waals surface area contributed by atoms with Crippen molar-refractivity contribution in [1.82, 2.24) is 0 Å². The van der Waals surface area contributed by atoms with Crippen LogP contribution < -0.4 is 5.73 Å². The molecule has 0 spiro atoms. The molecule has 1 unspecified atom stereocenters. The fourth-order valence-corrected chi connectivity index (χ4v) is 2.97. The van der Waals surface area contributed by atoms with Crippen LogP contribution in [0.15, 0.2) is 18.2 Å². The Labute approximate surface area is 110 Å². The smallest absolute Gasteiger partial charge is 0.157 e. The first kappa shape index (κ1) is 15.2. The van der Waals surface area contributed by atoms with Gasteiger partial charge in [-0.2, -0.15) is 0 Å². The largest absolute Gasteiger partial charge is 0.323 e. The Hall–Kier alpha value is -0.870.